The fourth-order valence-corrected chi connectivity index (χ4v) is 2.46. The van der Waals surface area contributed by atoms with Crippen molar-refractivity contribution in [2.24, 2.45) is 0 Å². The molecule has 0 radical (unpaired) electrons. The number of nitrogens with zero attached hydrogens (tertiary/aromatic N) is 3. The molecule has 3 heterocycles. The number of ether oxygens (including phenoxy) is 2. The first kappa shape index (κ1) is 10.2. The molecule has 16 heavy (non-hydrogen) atoms. The summed E-state index contributed by atoms with van der Waals surface area (Å²) in [5, 5.41) is 8.65. The van der Waals surface area contributed by atoms with Gasteiger partial charge in [-0.05, 0) is 12.8 Å². The zero-order valence-electron chi connectivity index (χ0n) is 9.39. The van der Waals surface area contributed by atoms with Crippen molar-refractivity contribution in [3.8, 4) is 0 Å². The van der Waals surface area contributed by atoms with Gasteiger partial charge in [0.05, 0.1) is 13.2 Å². The van der Waals surface area contributed by atoms with E-state index in [4.69, 9.17) is 9.47 Å². The van der Waals surface area contributed by atoms with Crippen LogP contribution in [-0.4, -0.2) is 41.2 Å². The Kier molecular flexibility index (Phi) is 2.88. The second kappa shape index (κ2) is 4.51. The second-order valence-electron chi connectivity index (χ2n) is 4.38. The Balaban J connectivity index is 1.86. The smallest absolute Gasteiger partial charge is 0.136 e. The fraction of sp³-hybridized carbons (Fsp3) is 0.818. The van der Waals surface area contributed by atoms with Crippen LogP contribution >= 0.6 is 0 Å². The highest BCUT2D eigenvalue weighted by molar-refractivity contribution is 5.04. The summed E-state index contributed by atoms with van der Waals surface area (Å²) in [6, 6.07) is 0. The largest absolute Gasteiger partial charge is 0.381 e. The van der Waals surface area contributed by atoms with Crippen LogP contribution in [0.15, 0.2) is 0 Å². The van der Waals surface area contributed by atoms with Crippen LogP contribution in [0.25, 0.3) is 0 Å². The molecule has 5 nitrogen and oxygen atoms in total. The van der Waals surface area contributed by atoms with Crippen LogP contribution in [0.4, 0.5) is 0 Å². The normalized spacial score (nSPS) is 22.8. The summed E-state index contributed by atoms with van der Waals surface area (Å²) in [6.45, 7) is 4.15. The van der Waals surface area contributed by atoms with Gasteiger partial charge >= 0.3 is 0 Å². The molecular weight excluding hydrogens is 206 g/mol. The summed E-state index contributed by atoms with van der Waals surface area (Å²) in [6.07, 6.45) is 3.02. The predicted octanol–water partition coefficient (Wildman–Crippen LogP) is 0.745. The average Bonchev–Trinajstić information content (AvgIpc) is 2.60. The molecule has 0 unspecified atom stereocenters. The third-order valence-electron chi connectivity index (χ3n) is 3.37. The van der Waals surface area contributed by atoms with Gasteiger partial charge in [-0.3, -0.25) is 0 Å². The molecule has 88 valence electrons. The summed E-state index contributed by atoms with van der Waals surface area (Å²) < 4.78 is 13.1. The number of rotatable bonds is 1. The molecule has 2 aliphatic rings. The zero-order valence-corrected chi connectivity index (χ0v) is 9.39. The Labute approximate surface area is 94.8 Å². The lowest BCUT2D eigenvalue weighted by Gasteiger charge is -2.21. The Hall–Kier alpha value is -0.940. The number of aromatic nitrogens is 3. The molecule has 0 aliphatic carbocycles. The lowest BCUT2D eigenvalue weighted by molar-refractivity contribution is 0.0822. The monoisotopic (exact) mass is 223 g/mol. The Morgan fingerprint density at radius 3 is 2.69 bits per heavy atom. The summed E-state index contributed by atoms with van der Waals surface area (Å²) >= 11 is 0. The minimum Gasteiger partial charge on any atom is -0.381 e. The second-order valence-corrected chi connectivity index (χ2v) is 4.38. The van der Waals surface area contributed by atoms with Crippen molar-refractivity contribution in [1.82, 2.24) is 14.8 Å². The molecular formula is C11H17N3O2. The van der Waals surface area contributed by atoms with E-state index in [1.165, 1.54) is 0 Å². The van der Waals surface area contributed by atoms with Crippen LogP contribution < -0.4 is 0 Å². The Morgan fingerprint density at radius 1 is 1.00 bits per heavy atom. The van der Waals surface area contributed by atoms with E-state index in [2.05, 4.69) is 14.8 Å². The van der Waals surface area contributed by atoms with Gasteiger partial charge in [0.25, 0.3) is 0 Å². The number of fused-ring (bicyclic) bond motifs is 1. The third-order valence-corrected chi connectivity index (χ3v) is 3.37. The number of hydrogen-bond acceptors (Lipinski definition) is 4. The minimum absolute atomic E-state index is 0.521. The number of hydrogen-bond donors (Lipinski definition) is 0. The van der Waals surface area contributed by atoms with Gasteiger partial charge in [0, 0.05) is 32.1 Å². The first-order valence-electron chi connectivity index (χ1n) is 6.02. The van der Waals surface area contributed by atoms with Gasteiger partial charge in [0.15, 0.2) is 0 Å². The Bertz CT molecular complexity index is 358. The lowest BCUT2D eigenvalue weighted by atomic mass is 9.99. The van der Waals surface area contributed by atoms with Crippen LogP contribution in [0.5, 0.6) is 0 Å². The van der Waals surface area contributed by atoms with Crippen LogP contribution in [0, 0.1) is 0 Å². The molecule has 0 aromatic carbocycles. The molecule has 1 aromatic heterocycles. The predicted molar refractivity (Wildman–Crippen MR) is 57.3 cm³/mol. The van der Waals surface area contributed by atoms with Crippen LogP contribution in [0.3, 0.4) is 0 Å². The van der Waals surface area contributed by atoms with E-state index in [0.29, 0.717) is 5.92 Å². The minimum atomic E-state index is 0.521. The van der Waals surface area contributed by atoms with Gasteiger partial charge in [0.2, 0.25) is 0 Å². The third kappa shape index (κ3) is 1.85. The van der Waals surface area contributed by atoms with Gasteiger partial charge in [-0.2, -0.15) is 0 Å². The first-order chi connectivity index (χ1) is 7.95. The SMILES string of the molecule is C1Cc2nnc(C3CCOCC3)n2CCO1. The van der Waals surface area contributed by atoms with Crippen LogP contribution in [0.2, 0.25) is 0 Å². The molecule has 0 atom stereocenters. The van der Waals surface area contributed by atoms with E-state index in [9.17, 15) is 0 Å². The van der Waals surface area contributed by atoms with Gasteiger partial charge in [-0.1, -0.05) is 0 Å². The molecule has 1 aromatic rings. The van der Waals surface area contributed by atoms with E-state index >= 15 is 0 Å². The molecule has 1 fully saturated rings. The van der Waals surface area contributed by atoms with Crippen LogP contribution in [0.1, 0.15) is 30.4 Å². The lowest BCUT2D eigenvalue weighted by Crippen LogP contribution is -2.19. The highest BCUT2D eigenvalue weighted by Gasteiger charge is 2.24. The van der Waals surface area contributed by atoms with Crippen molar-refractivity contribution in [3.05, 3.63) is 11.6 Å². The maximum atomic E-state index is 5.46. The Morgan fingerprint density at radius 2 is 1.81 bits per heavy atom. The summed E-state index contributed by atoms with van der Waals surface area (Å²) in [7, 11) is 0. The van der Waals surface area contributed by atoms with Crippen molar-refractivity contribution in [1.29, 1.82) is 0 Å². The molecule has 3 rings (SSSR count). The average molecular weight is 223 g/mol. The van der Waals surface area contributed by atoms with E-state index < -0.39 is 0 Å². The molecule has 2 aliphatic heterocycles. The molecule has 5 heteroatoms. The van der Waals surface area contributed by atoms with Crippen LogP contribution in [-0.2, 0) is 22.4 Å². The van der Waals surface area contributed by atoms with E-state index in [1.54, 1.807) is 0 Å². The van der Waals surface area contributed by atoms with Gasteiger partial charge < -0.3 is 14.0 Å². The van der Waals surface area contributed by atoms with Crippen molar-refractivity contribution in [3.63, 3.8) is 0 Å². The highest BCUT2D eigenvalue weighted by Crippen LogP contribution is 2.26. The summed E-state index contributed by atoms with van der Waals surface area (Å²) in [4.78, 5) is 0. The maximum Gasteiger partial charge on any atom is 0.136 e. The van der Waals surface area contributed by atoms with Crippen molar-refractivity contribution in [2.45, 2.75) is 31.7 Å². The molecule has 0 saturated carbocycles. The zero-order chi connectivity index (χ0) is 10.8. The van der Waals surface area contributed by atoms with Gasteiger partial charge in [-0.15, -0.1) is 10.2 Å². The molecule has 0 bridgehead atoms. The summed E-state index contributed by atoms with van der Waals surface area (Å²) in [5.74, 6) is 2.75. The van der Waals surface area contributed by atoms with E-state index in [-0.39, 0.29) is 0 Å². The molecule has 1 saturated heterocycles. The van der Waals surface area contributed by atoms with Gasteiger partial charge in [0.1, 0.15) is 11.6 Å². The van der Waals surface area contributed by atoms with Crippen molar-refractivity contribution < 1.29 is 9.47 Å². The molecule has 0 amide bonds. The van der Waals surface area contributed by atoms with Crippen molar-refractivity contribution >= 4 is 0 Å². The van der Waals surface area contributed by atoms with Gasteiger partial charge in [-0.25, -0.2) is 0 Å². The highest BCUT2D eigenvalue weighted by atomic mass is 16.5. The fourth-order valence-electron chi connectivity index (χ4n) is 2.46. The molecule has 0 N–H and O–H groups in total. The van der Waals surface area contributed by atoms with E-state index in [1.807, 2.05) is 0 Å². The van der Waals surface area contributed by atoms with E-state index in [0.717, 1.165) is 63.9 Å². The maximum absolute atomic E-state index is 5.46. The first-order valence-corrected chi connectivity index (χ1v) is 6.02. The summed E-state index contributed by atoms with van der Waals surface area (Å²) in [5.41, 5.74) is 0. The molecule has 0 spiro atoms. The van der Waals surface area contributed by atoms with Crippen molar-refractivity contribution in [2.75, 3.05) is 26.4 Å². The quantitative estimate of drug-likeness (QED) is 0.704. The topological polar surface area (TPSA) is 49.2 Å². The standard InChI is InChI=1S/C11H17N3O2/c1-5-15-6-2-9(1)11-13-12-10-3-7-16-8-4-14(10)11/h9H,1-8H2.